The summed E-state index contributed by atoms with van der Waals surface area (Å²) in [4.78, 5) is 2.27. The van der Waals surface area contributed by atoms with Crippen molar-refractivity contribution in [1.29, 1.82) is 0 Å². The second-order valence-corrected chi connectivity index (χ2v) is 5.22. The molecule has 5 heteroatoms. The van der Waals surface area contributed by atoms with E-state index in [9.17, 15) is 13.2 Å². The van der Waals surface area contributed by atoms with Crippen LogP contribution in [0.5, 0.6) is 0 Å². The Bertz CT molecular complexity index is 224. The minimum absolute atomic E-state index is 0.174. The Morgan fingerprint density at radius 1 is 1.06 bits per heavy atom. The Kier molecular flexibility index (Phi) is 5.25. The van der Waals surface area contributed by atoms with E-state index in [1.54, 1.807) is 0 Å². The van der Waals surface area contributed by atoms with Crippen molar-refractivity contribution in [3.63, 3.8) is 0 Å². The topological polar surface area (TPSA) is 29.3 Å². The van der Waals surface area contributed by atoms with Crippen molar-refractivity contribution < 1.29 is 13.2 Å². The fraction of sp³-hybridized carbons (Fsp3) is 1.00. The van der Waals surface area contributed by atoms with Crippen LogP contribution in [0.3, 0.4) is 0 Å². The van der Waals surface area contributed by atoms with Gasteiger partial charge in [0.05, 0.1) is 0 Å². The maximum atomic E-state index is 12.1. The SMILES string of the molecule is CC(CN)(CCCC(F)(F)F)N1CCCCC1. The van der Waals surface area contributed by atoms with Crippen LogP contribution in [-0.2, 0) is 0 Å². The summed E-state index contributed by atoms with van der Waals surface area (Å²) in [6, 6.07) is 0. The second-order valence-electron chi connectivity index (χ2n) is 5.22. The number of hydrogen-bond donors (Lipinski definition) is 1. The Morgan fingerprint density at radius 2 is 1.65 bits per heavy atom. The van der Waals surface area contributed by atoms with E-state index in [4.69, 9.17) is 5.73 Å². The highest BCUT2D eigenvalue weighted by atomic mass is 19.4. The van der Waals surface area contributed by atoms with Crippen LogP contribution in [-0.4, -0.2) is 36.2 Å². The van der Waals surface area contributed by atoms with Gasteiger partial charge < -0.3 is 5.73 Å². The summed E-state index contributed by atoms with van der Waals surface area (Å²) in [5.74, 6) is 0. The van der Waals surface area contributed by atoms with Crippen molar-refractivity contribution in [3.8, 4) is 0 Å². The molecule has 1 atom stereocenters. The van der Waals surface area contributed by atoms with E-state index >= 15 is 0 Å². The second kappa shape index (κ2) is 6.05. The van der Waals surface area contributed by atoms with Crippen molar-refractivity contribution in [3.05, 3.63) is 0 Å². The minimum atomic E-state index is -4.04. The predicted molar refractivity (Wildman–Crippen MR) is 62.8 cm³/mol. The maximum Gasteiger partial charge on any atom is 0.389 e. The number of piperidine rings is 1. The molecule has 2 N–H and O–H groups in total. The van der Waals surface area contributed by atoms with E-state index in [2.05, 4.69) is 4.90 Å². The first kappa shape index (κ1) is 14.8. The van der Waals surface area contributed by atoms with E-state index in [1.165, 1.54) is 6.42 Å². The number of nitrogens with zero attached hydrogens (tertiary/aromatic N) is 1. The van der Waals surface area contributed by atoms with Crippen LogP contribution in [0, 0.1) is 0 Å². The lowest BCUT2D eigenvalue weighted by Gasteiger charge is -2.43. The average Bonchev–Trinajstić information content (AvgIpc) is 2.28. The lowest BCUT2D eigenvalue weighted by atomic mass is 9.90. The minimum Gasteiger partial charge on any atom is -0.329 e. The van der Waals surface area contributed by atoms with Gasteiger partial charge in [-0.1, -0.05) is 6.42 Å². The van der Waals surface area contributed by atoms with E-state index < -0.39 is 12.6 Å². The fourth-order valence-electron chi connectivity index (χ4n) is 2.49. The number of hydrogen-bond acceptors (Lipinski definition) is 2. The molecule has 0 radical (unpaired) electrons. The lowest BCUT2D eigenvalue weighted by molar-refractivity contribution is -0.137. The maximum absolute atomic E-state index is 12.1. The van der Waals surface area contributed by atoms with Crippen LogP contribution in [0.4, 0.5) is 13.2 Å². The molecule has 1 unspecified atom stereocenters. The molecule has 0 spiro atoms. The zero-order chi connectivity index (χ0) is 12.9. The molecule has 0 saturated carbocycles. The van der Waals surface area contributed by atoms with Gasteiger partial charge in [0.2, 0.25) is 0 Å². The van der Waals surface area contributed by atoms with Crippen LogP contribution >= 0.6 is 0 Å². The smallest absolute Gasteiger partial charge is 0.329 e. The Balaban J connectivity index is 2.44. The van der Waals surface area contributed by atoms with Gasteiger partial charge in [0.25, 0.3) is 0 Å². The van der Waals surface area contributed by atoms with Gasteiger partial charge in [-0.25, -0.2) is 0 Å². The quantitative estimate of drug-likeness (QED) is 0.815. The van der Waals surface area contributed by atoms with E-state index in [0.29, 0.717) is 13.0 Å². The van der Waals surface area contributed by atoms with Crippen molar-refractivity contribution in [1.82, 2.24) is 4.90 Å². The van der Waals surface area contributed by atoms with Crippen molar-refractivity contribution >= 4 is 0 Å². The first-order valence-electron chi connectivity index (χ1n) is 6.39. The zero-order valence-electron chi connectivity index (χ0n) is 10.5. The number of halogens is 3. The average molecular weight is 252 g/mol. The van der Waals surface area contributed by atoms with Crippen LogP contribution in [0.2, 0.25) is 0 Å². The first-order chi connectivity index (χ1) is 7.87. The Labute approximate surface area is 101 Å². The third-order valence-electron chi connectivity index (χ3n) is 3.73. The molecular formula is C12H23F3N2. The predicted octanol–water partition coefficient (Wildman–Crippen LogP) is 2.92. The zero-order valence-corrected chi connectivity index (χ0v) is 10.5. The summed E-state index contributed by atoms with van der Waals surface area (Å²) in [6.07, 6.45) is -0.548. The van der Waals surface area contributed by atoms with Crippen LogP contribution in [0.1, 0.15) is 45.4 Å². The number of likely N-dealkylation sites (tertiary alicyclic amines) is 1. The molecule has 1 saturated heterocycles. The summed E-state index contributed by atoms with van der Waals surface area (Å²) in [7, 11) is 0. The Morgan fingerprint density at radius 3 is 2.12 bits per heavy atom. The summed E-state index contributed by atoms with van der Waals surface area (Å²) < 4.78 is 36.4. The molecule has 1 heterocycles. The highest BCUT2D eigenvalue weighted by Gasteiger charge is 2.33. The molecule has 0 aromatic carbocycles. The molecule has 0 aromatic heterocycles. The number of rotatable bonds is 5. The molecule has 1 rings (SSSR count). The Hall–Kier alpha value is -0.290. The van der Waals surface area contributed by atoms with Crippen LogP contribution in [0.25, 0.3) is 0 Å². The van der Waals surface area contributed by atoms with E-state index in [0.717, 1.165) is 25.9 Å². The van der Waals surface area contributed by atoms with Gasteiger partial charge in [-0.3, -0.25) is 4.90 Å². The normalized spacial score (nSPS) is 22.4. The molecule has 17 heavy (non-hydrogen) atoms. The number of alkyl halides is 3. The van der Waals surface area contributed by atoms with Crippen LogP contribution in [0.15, 0.2) is 0 Å². The van der Waals surface area contributed by atoms with Gasteiger partial charge in [-0.2, -0.15) is 13.2 Å². The van der Waals surface area contributed by atoms with Crippen LogP contribution < -0.4 is 5.73 Å². The third kappa shape index (κ3) is 4.84. The largest absolute Gasteiger partial charge is 0.389 e. The molecule has 0 aromatic rings. The van der Waals surface area contributed by atoms with Crippen molar-refractivity contribution in [2.45, 2.75) is 57.2 Å². The van der Waals surface area contributed by atoms with Gasteiger partial charge in [0, 0.05) is 18.5 Å². The molecule has 0 bridgehead atoms. The molecule has 0 amide bonds. The molecule has 2 nitrogen and oxygen atoms in total. The molecule has 102 valence electrons. The summed E-state index contributed by atoms with van der Waals surface area (Å²) in [5, 5.41) is 0. The summed E-state index contributed by atoms with van der Waals surface area (Å²) in [6.45, 7) is 4.37. The number of nitrogens with two attached hydrogens (primary N) is 1. The monoisotopic (exact) mass is 252 g/mol. The van der Waals surface area contributed by atoms with E-state index in [1.807, 2.05) is 6.92 Å². The molecule has 1 aliphatic heterocycles. The third-order valence-corrected chi connectivity index (χ3v) is 3.73. The van der Waals surface area contributed by atoms with Gasteiger partial charge >= 0.3 is 6.18 Å². The lowest BCUT2D eigenvalue weighted by Crippen LogP contribution is -2.53. The molecular weight excluding hydrogens is 229 g/mol. The molecule has 1 fully saturated rings. The van der Waals surface area contributed by atoms with E-state index in [-0.39, 0.29) is 12.0 Å². The standard InChI is InChI=1S/C12H23F3N2/c1-11(10-16,6-5-7-12(13,14)15)17-8-3-2-4-9-17/h2-10,16H2,1H3. The summed E-state index contributed by atoms with van der Waals surface area (Å²) >= 11 is 0. The van der Waals surface area contributed by atoms with Gasteiger partial charge in [-0.05, 0) is 45.7 Å². The van der Waals surface area contributed by atoms with Gasteiger partial charge in [-0.15, -0.1) is 0 Å². The van der Waals surface area contributed by atoms with Crippen molar-refractivity contribution in [2.75, 3.05) is 19.6 Å². The highest BCUT2D eigenvalue weighted by molar-refractivity contribution is 4.88. The summed E-state index contributed by atoms with van der Waals surface area (Å²) in [5.41, 5.74) is 5.51. The molecule has 0 aliphatic carbocycles. The highest BCUT2D eigenvalue weighted by Crippen LogP contribution is 2.29. The van der Waals surface area contributed by atoms with Gasteiger partial charge in [0.1, 0.15) is 0 Å². The first-order valence-corrected chi connectivity index (χ1v) is 6.39. The van der Waals surface area contributed by atoms with Crippen molar-refractivity contribution in [2.24, 2.45) is 5.73 Å². The fourth-order valence-corrected chi connectivity index (χ4v) is 2.49. The van der Waals surface area contributed by atoms with Gasteiger partial charge in [0.15, 0.2) is 0 Å². The molecule has 1 aliphatic rings.